The molecule has 4 nitrogen and oxygen atoms in total. The lowest BCUT2D eigenvalue weighted by Gasteiger charge is -2.05. The maximum atomic E-state index is 11.9. The van der Waals surface area contributed by atoms with E-state index in [2.05, 4.69) is 22.3 Å². The van der Waals surface area contributed by atoms with E-state index < -0.39 is 0 Å². The lowest BCUT2D eigenvalue weighted by atomic mass is 10.2. The zero-order chi connectivity index (χ0) is 13.8. The van der Waals surface area contributed by atoms with Gasteiger partial charge in [-0.2, -0.15) is 0 Å². The Labute approximate surface area is 120 Å². The summed E-state index contributed by atoms with van der Waals surface area (Å²) >= 11 is 1.54. The first kappa shape index (κ1) is 12.7. The van der Waals surface area contributed by atoms with E-state index in [1.807, 2.05) is 48.5 Å². The van der Waals surface area contributed by atoms with Crippen molar-refractivity contribution < 1.29 is 0 Å². The van der Waals surface area contributed by atoms with Gasteiger partial charge in [-0.25, -0.2) is 14.5 Å². The van der Waals surface area contributed by atoms with Crippen LogP contribution >= 0.6 is 11.8 Å². The molecule has 0 fully saturated rings. The predicted octanol–water partition coefficient (Wildman–Crippen LogP) is 2.85. The van der Waals surface area contributed by atoms with Crippen molar-refractivity contribution in [2.45, 2.75) is 10.9 Å². The summed E-state index contributed by atoms with van der Waals surface area (Å²) in [7, 11) is 0. The Morgan fingerprint density at radius 1 is 1.00 bits per heavy atom. The number of H-pyrrole nitrogens is 1. The van der Waals surface area contributed by atoms with Crippen LogP contribution in [0.5, 0.6) is 0 Å². The van der Waals surface area contributed by atoms with Gasteiger partial charge in [0.05, 0.1) is 5.69 Å². The summed E-state index contributed by atoms with van der Waals surface area (Å²) in [5.74, 6) is 0.776. The number of hydrogen-bond acceptors (Lipinski definition) is 3. The fraction of sp³-hybridized carbons (Fsp3) is 0.0667. The van der Waals surface area contributed by atoms with E-state index in [1.165, 1.54) is 17.3 Å². The van der Waals surface area contributed by atoms with E-state index in [4.69, 9.17) is 0 Å². The molecule has 0 bridgehead atoms. The predicted molar refractivity (Wildman–Crippen MR) is 80.2 cm³/mol. The van der Waals surface area contributed by atoms with Crippen LogP contribution in [0.2, 0.25) is 0 Å². The van der Waals surface area contributed by atoms with Crippen LogP contribution < -0.4 is 5.69 Å². The van der Waals surface area contributed by atoms with Gasteiger partial charge in [-0.1, -0.05) is 60.3 Å². The number of benzene rings is 2. The molecule has 3 rings (SSSR count). The smallest absolute Gasteiger partial charge is 0.246 e. The van der Waals surface area contributed by atoms with Gasteiger partial charge in [0.2, 0.25) is 0 Å². The first-order chi connectivity index (χ1) is 9.84. The fourth-order valence-corrected chi connectivity index (χ4v) is 2.82. The molecule has 20 heavy (non-hydrogen) atoms. The highest BCUT2D eigenvalue weighted by Gasteiger charge is 2.10. The Kier molecular flexibility index (Phi) is 3.69. The molecule has 0 aliphatic heterocycles. The molecule has 0 amide bonds. The molecular formula is C15H13N3OS. The first-order valence-corrected chi connectivity index (χ1v) is 7.23. The van der Waals surface area contributed by atoms with E-state index in [1.54, 1.807) is 4.57 Å². The van der Waals surface area contributed by atoms with Gasteiger partial charge in [0, 0.05) is 5.75 Å². The third-order valence-corrected chi connectivity index (χ3v) is 3.88. The topological polar surface area (TPSA) is 50.7 Å². The highest BCUT2D eigenvalue weighted by Crippen LogP contribution is 2.21. The zero-order valence-electron chi connectivity index (χ0n) is 10.7. The standard InChI is InChI=1S/C15H13N3OS/c19-14-16-17-15(18(14)13-9-5-2-6-10-13)20-11-12-7-3-1-4-8-12/h1-10H,11H2,(H,16,19). The average molecular weight is 283 g/mol. The maximum Gasteiger partial charge on any atom is 0.348 e. The molecule has 100 valence electrons. The lowest BCUT2D eigenvalue weighted by Crippen LogP contribution is -2.15. The van der Waals surface area contributed by atoms with Crippen LogP contribution in [0.25, 0.3) is 5.69 Å². The molecule has 0 saturated heterocycles. The molecule has 0 radical (unpaired) electrons. The molecular weight excluding hydrogens is 270 g/mol. The lowest BCUT2D eigenvalue weighted by molar-refractivity contribution is 0.870. The van der Waals surface area contributed by atoms with E-state index in [9.17, 15) is 4.79 Å². The van der Waals surface area contributed by atoms with Gasteiger partial charge in [-0.3, -0.25) is 0 Å². The third kappa shape index (κ3) is 2.67. The van der Waals surface area contributed by atoms with Crippen LogP contribution in [0, 0.1) is 0 Å². The summed E-state index contributed by atoms with van der Waals surface area (Å²) in [4.78, 5) is 11.9. The second-order valence-electron chi connectivity index (χ2n) is 4.26. The number of para-hydroxylation sites is 1. The monoisotopic (exact) mass is 283 g/mol. The van der Waals surface area contributed by atoms with Gasteiger partial charge in [0.15, 0.2) is 5.16 Å². The van der Waals surface area contributed by atoms with Crippen molar-refractivity contribution in [3.8, 4) is 5.69 Å². The van der Waals surface area contributed by atoms with Crippen molar-refractivity contribution in [2.24, 2.45) is 0 Å². The Morgan fingerprint density at radius 2 is 1.65 bits per heavy atom. The number of rotatable bonds is 4. The van der Waals surface area contributed by atoms with Crippen LogP contribution in [-0.4, -0.2) is 14.8 Å². The Balaban J connectivity index is 1.87. The number of thioether (sulfide) groups is 1. The highest BCUT2D eigenvalue weighted by molar-refractivity contribution is 7.98. The van der Waals surface area contributed by atoms with Crippen LogP contribution in [0.3, 0.4) is 0 Å². The molecule has 0 aliphatic rings. The molecule has 5 heteroatoms. The summed E-state index contributed by atoms with van der Waals surface area (Å²) in [6.07, 6.45) is 0. The third-order valence-electron chi connectivity index (χ3n) is 2.87. The van der Waals surface area contributed by atoms with Gasteiger partial charge in [0.25, 0.3) is 0 Å². The van der Waals surface area contributed by atoms with Crippen molar-refractivity contribution in [1.29, 1.82) is 0 Å². The molecule has 2 aromatic carbocycles. The summed E-state index contributed by atoms with van der Waals surface area (Å²) < 4.78 is 1.59. The highest BCUT2D eigenvalue weighted by atomic mass is 32.2. The molecule has 1 heterocycles. The first-order valence-electron chi connectivity index (χ1n) is 6.24. The van der Waals surface area contributed by atoms with Crippen LogP contribution in [0.1, 0.15) is 5.56 Å². The van der Waals surface area contributed by atoms with Crippen LogP contribution in [0.15, 0.2) is 70.6 Å². The summed E-state index contributed by atoms with van der Waals surface area (Å²) in [6, 6.07) is 19.6. The molecule has 0 saturated carbocycles. The summed E-state index contributed by atoms with van der Waals surface area (Å²) in [5.41, 5.74) is 1.81. The quantitative estimate of drug-likeness (QED) is 0.749. The molecule has 0 unspecified atom stereocenters. The zero-order valence-corrected chi connectivity index (χ0v) is 11.5. The van der Waals surface area contributed by atoms with Gasteiger partial charge in [0.1, 0.15) is 0 Å². The number of hydrogen-bond donors (Lipinski definition) is 1. The van der Waals surface area contributed by atoms with Crippen LogP contribution in [0.4, 0.5) is 0 Å². The van der Waals surface area contributed by atoms with E-state index in [0.717, 1.165) is 11.4 Å². The summed E-state index contributed by atoms with van der Waals surface area (Å²) in [5, 5.41) is 7.28. The minimum atomic E-state index is -0.216. The SMILES string of the molecule is O=c1[nH]nc(SCc2ccccc2)n1-c1ccccc1. The van der Waals surface area contributed by atoms with E-state index >= 15 is 0 Å². The number of aromatic nitrogens is 3. The second-order valence-corrected chi connectivity index (χ2v) is 5.20. The summed E-state index contributed by atoms with van der Waals surface area (Å²) in [6.45, 7) is 0. The molecule has 3 aromatic rings. The molecule has 1 N–H and O–H groups in total. The second kappa shape index (κ2) is 5.79. The van der Waals surface area contributed by atoms with Crippen molar-refractivity contribution in [3.05, 3.63) is 76.7 Å². The number of aromatic amines is 1. The Hall–Kier alpha value is -2.27. The van der Waals surface area contributed by atoms with Gasteiger partial charge < -0.3 is 0 Å². The molecule has 0 aliphatic carbocycles. The van der Waals surface area contributed by atoms with E-state index in [-0.39, 0.29) is 5.69 Å². The van der Waals surface area contributed by atoms with Gasteiger partial charge in [-0.15, -0.1) is 5.10 Å². The van der Waals surface area contributed by atoms with Crippen molar-refractivity contribution in [3.63, 3.8) is 0 Å². The number of nitrogens with one attached hydrogen (secondary N) is 1. The Bertz CT molecular complexity index is 735. The number of nitrogens with zero attached hydrogens (tertiary/aromatic N) is 2. The minimum Gasteiger partial charge on any atom is -0.246 e. The molecule has 0 spiro atoms. The largest absolute Gasteiger partial charge is 0.348 e. The maximum absolute atomic E-state index is 11.9. The van der Waals surface area contributed by atoms with Gasteiger partial charge in [-0.05, 0) is 17.7 Å². The van der Waals surface area contributed by atoms with Crippen molar-refractivity contribution in [1.82, 2.24) is 14.8 Å². The normalized spacial score (nSPS) is 10.6. The van der Waals surface area contributed by atoms with Crippen molar-refractivity contribution >= 4 is 11.8 Å². The molecule has 1 aromatic heterocycles. The fourth-order valence-electron chi connectivity index (χ4n) is 1.91. The van der Waals surface area contributed by atoms with Crippen molar-refractivity contribution in [2.75, 3.05) is 0 Å². The minimum absolute atomic E-state index is 0.216. The molecule has 0 atom stereocenters. The van der Waals surface area contributed by atoms with E-state index in [0.29, 0.717) is 5.16 Å². The van der Waals surface area contributed by atoms with Gasteiger partial charge >= 0.3 is 5.69 Å². The van der Waals surface area contributed by atoms with Crippen LogP contribution in [-0.2, 0) is 5.75 Å². The Morgan fingerprint density at radius 3 is 2.35 bits per heavy atom. The average Bonchev–Trinajstić information content (AvgIpc) is 2.88.